The van der Waals surface area contributed by atoms with Gasteiger partial charge < -0.3 is 18.8 Å². The van der Waals surface area contributed by atoms with Gasteiger partial charge in [-0.2, -0.15) is 0 Å². The van der Waals surface area contributed by atoms with Crippen molar-refractivity contribution >= 4 is 11.0 Å². The van der Waals surface area contributed by atoms with Crippen molar-refractivity contribution in [3.05, 3.63) is 72.8 Å². The zero-order chi connectivity index (χ0) is 20.1. The molecule has 148 valence electrons. The predicted octanol–water partition coefficient (Wildman–Crippen LogP) is 5.19. The summed E-state index contributed by atoms with van der Waals surface area (Å²) in [5.41, 5.74) is 3.17. The maximum Gasteiger partial charge on any atom is 0.161 e. The van der Waals surface area contributed by atoms with Gasteiger partial charge in [-0.1, -0.05) is 24.3 Å². The number of aryl methyl sites for hydroxylation is 1. The van der Waals surface area contributed by atoms with Crippen LogP contribution in [0.1, 0.15) is 6.42 Å². The van der Waals surface area contributed by atoms with E-state index in [0.717, 1.165) is 52.6 Å². The van der Waals surface area contributed by atoms with Crippen molar-refractivity contribution in [2.24, 2.45) is 0 Å². The van der Waals surface area contributed by atoms with Gasteiger partial charge in [0.1, 0.15) is 11.6 Å². The van der Waals surface area contributed by atoms with Crippen molar-refractivity contribution in [3.63, 3.8) is 0 Å². The molecule has 3 aromatic carbocycles. The highest BCUT2D eigenvalue weighted by atomic mass is 16.5. The molecule has 0 aliphatic rings. The Morgan fingerprint density at radius 2 is 1.52 bits per heavy atom. The molecule has 4 rings (SSSR count). The van der Waals surface area contributed by atoms with E-state index in [2.05, 4.69) is 10.6 Å². The van der Waals surface area contributed by atoms with Crippen molar-refractivity contribution in [3.8, 4) is 28.6 Å². The molecule has 5 heteroatoms. The smallest absolute Gasteiger partial charge is 0.161 e. The van der Waals surface area contributed by atoms with E-state index < -0.39 is 0 Å². The van der Waals surface area contributed by atoms with Crippen LogP contribution in [-0.4, -0.2) is 30.4 Å². The van der Waals surface area contributed by atoms with Crippen LogP contribution in [0.3, 0.4) is 0 Å². The third kappa shape index (κ3) is 4.04. The molecule has 0 amide bonds. The molecule has 0 saturated carbocycles. The van der Waals surface area contributed by atoms with E-state index in [9.17, 15) is 0 Å². The Bertz CT molecular complexity index is 1090. The largest absolute Gasteiger partial charge is 0.497 e. The van der Waals surface area contributed by atoms with E-state index in [1.165, 1.54) is 0 Å². The number of imidazole rings is 1. The summed E-state index contributed by atoms with van der Waals surface area (Å²) >= 11 is 0. The van der Waals surface area contributed by atoms with Gasteiger partial charge in [0.25, 0.3) is 0 Å². The van der Waals surface area contributed by atoms with Gasteiger partial charge in [-0.05, 0) is 55.0 Å². The van der Waals surface area contributed by atoms with Crippen molar-refractivity contribution in [2.45, 2.75) is 13.0 Å². The number of rotatable bonds is 8. The molecule has 0 unspecified atom stereocenters. The molecule has 0 N–H and O–H groups in total. The number of ether oxygens (including phenoxy) is 3. The summed E-state index contributed by atoms with van der Waals surface area (Å²) in [6.07, 6.45) is 0.849. The highest BCUT2D eigenvalue weighted by Gasteiger charge is 2.12. The fourth-order valence-corrected chi connectivity index (χ4v) is 3.41. The average molecular weight is 388 g/mol. The summed E-state index contributed by atoms with van der Waals surface area (Å²) < 4.78 is 18.8. The van der Waals surface area contributed by atoms with E-state index in [0.29, 0.717) is 6.61 Å². The summed E-state index contributed by atoms with van der Waals surface area (Å²) in [7, 11) is 3.33. The molecule has 1 heterocycles. The SMILES string of the molecule is COc1ccc(-c2nc3ccccc3n2CCCOc2ccccc2OC)cc1. The first-order chi connectivity index (χ1) is 14.3. The van der Waals surface area contributed by atoms with E-state index in [1.54, 1.807) is 14.2 Å². The van der Waals surface area contributed by atoms with Gasteiger partial charge in [0.05, 0.1) is 31.9 Å². The van der Waals surface area contributed by atoms with Crippen LogP contribution < -0.4 is 14.2 Å². The highest BCUT2D eigenvalue weighted by Crippen LogP contribution is 2.28. The first-order valence-electron chi connectivity index (χ1n) is 9.65. The van der Waals surface area contributed by atoms with Gasteiger partial charge in [0, 0.05) is 12.1 Å². The number of hydrogen-bond donors (Lipinski definition) is 0. The first kappa shape index (κ1) is 18.9. The highest BCUT2D eigenvalue weighted by molar-refractivity contribution is 5.80. The van der Waals surface area contributed by atoms with Crippen LogP contribution in [0.5, 0.6) is 17.2 Å². The van der Waals surface area contributed by atoms with Crippen LogP contribution in [0, 0.1) is 0 Å². The van der Waals surface area contributed by atoms with Gasteiger partial charge in [0.15, 0.2) is 11.5 Å². The first-order valence-corrected chi connectivity index (χ1v) is 9.65. The van der Waals surface area contributed by atoms with Crippen LogP contribution in [-0.2, 0) is 6.54 Å². The third-order valence-electron chi connectivity index (χ3n) is 4.86. The van der Waals surface area contributed by atoms with Gasteiger partial charge in [-0.25, -0.2) is 4.98 Å². The van der Waals surface area contributed by atoms with E-state index in [-0.39, 0.29) is 0 Å². The maximum atomic E-state index is 5.94. The van der Waals surface area contributed by atoms with Crippen LogP contribution in [0.2, 0.25) is 0 Å². The minimum atomic E-state index is 0.592. The Balaban J connectivity index is 1.54. The lowest BCUT2D eigenvalue weighted by atomic mass is 10.2. The van der Waals surface area contributed by atoms with E-state index in [4.69, 9.17) is 19.2 Å². The molecule has 0 spiro atoms. The van der Waals surface area contributed by atoms with E-state index >= 15 is 0 Å². The normalized spacial score (nSPS) is 10.8. The quantitative estimate of drug-likeness (QED) is 0.390. The molecule has 29 heavy (non-hydrogen) atoms. The zero-order valence-electron chi connectivity index (χ0n) is 16.7. The number of nitrogens with zero attached hydrogens (tertiary/aromatic N) is 2. The molecule has 1 aromatic heterocycles. The fourth-order valence-electron chi connectivity index (χ4n) is 3.41. The minimum Gasteiger partial charge on any atom is -0.497 e. The van der Waals surface area contributed by atoms with E-state index in [1.807, 2.05) is 66.7 Å². The van der Waals surface area contributed by atoms with Crippen molar-refractivity contribution in [1.82, 2.24) is 9.55 Å². The summed E-state index contributed by atoms with van der Waals surface area (Å²) in [6.45, 7) is 1.39. The number of methoxy groups -OCH3 is 2. The topological polar surface area (TPSA) is 45.5 Å². The Kier molecular flexibility index (Phi) is 5.66. The zero-order valence-corrected chi connectivity index (χ0v) is 16.7. The van der Waals surface area contributed by atoms with Crippen LogP contribution in [0.4, 0.5) is 0 Å². The lowest BCUT2D eigenvalue weighted by molar-refractivity contribution is 0.283. The Labute approximate surface area is 170 Å². The minimum absolute atomic E-state index is 0.592. The maximum absolute atomic E-state index is 5.94. The molecular weight excluding hydrogens is 364 g/mol. The number of hydrogen-bond acceptors (Lipinski definition) is 4. The van der Waals surface area contributed by atoms with Crippen molar-refractivity contribution < 1.29 is 14.2 Å². The lowest BCUT2D eigenvalue weighted by Crippen LogP contribution is -2.06. The van der Waals surface area contributed by atoms with Crippen LogP contribution in [0.15, 0.2) is 72.8 Å². The standard InChI is InChI=1S/C24H24N2O3/c1-27-19-14-12-18(13-15-19)24-25-20-8-3-4-9-21(20)26(24)16-7-17-29-23-11-6-5-10-22(23)28-2/h3-6,8-15H,7,16-17H2,1-2H3. The van der Waals surface area contributed by atoms with Crippen molar-refractivity contribution in [2.75, 3.05) is 20.8 Å². The molecule has 0 bridgehead atoms. The molecule has 0 fully saturated rings. The number of aromatic nitrogens is 2. The Morgan fingerprint density at radius 3 is 2.28 bits per heavy atom. The Hall–Kier alpha value is -3.47. The molecule has 0 radical (unpaired) electrons. The monoisotopic (exact) mass is 388 g/mol. The predicted molar refractivity (Wildman–Crippen MR) is 115 cm³/mol. The average Bonchev–Trinajstić information content (AvgIpc) is 3.15. The fraction of sp³-hybridized carbons (Fsp3) is 0.208. The van der Waals surface area contributed by atoms with Gasteiger partial charge >= 0.3 is 0 Å². The number of para-hydroxylation sites is 4. The molecule has 5 nitrogen and oxygen atoms in total. The lowest BCUT2D eigenvalue weighted by Gasteiger charge is -2.12. The Morgan fingerprint density at radius 1 is 0.793 bits per heavy atom. The van der Waals surface area contributed by atoms with Crippen LogP contribution in [0.25, 0.3) is 22.4 Å². The summed E-state index contributed by atoms with van der Waals surface area (Å²) in [6, 6.07) is 23.9. The molecule has 0 atom stereocenters. The summed E-state index contributed by atoms with van der Waals surface area (Å²) in [5.74, 6) is 3.30. The molecule has 0 aliphatic carbocycles. The molecule has 0 aliphatic heterocycles. The summed E-state index contributed by atoms with van der Waals surface area (Å²) in [5, 5.41) is 0. The van der Waals surface area contributed by atoms with Crippen LogP contribution >= 0.6 is 0 Å². The molecule has 0 saturated heterocycles. The molecule has 4 aromatic rings. The number of fused-ring (bicyclic) bond motifs is 1. The summed E-state index contributed by atoms with van der Waals surface area (Å²) in [4.78, 5) is 4.86. The molecular formula is C24H24N2O3. The third-order valence-corrected chi connectivity index (χ3v) is 4.86. The van der Waals surface area contributed by atoms with Crippen molar-refractivity contribution in [1.29, 1.82) is 0 Å². The second-order valence-corrected chi connectivity index (χ2v) is 6.66. The van der Waals surface area contributed by atoms with Gasteiger partial charge in [0.2, 0.25) is 0 Å². The second-order valence-electron chi connectivity index (χ2n) is 6.66. The second kappa shape index (κ2) is 8.69. The van der Waals surface area contributed by atoms with Gasteiger partial charge in [-0.3, -0.25) is 0 Å². The van der Waals surface area contributed by atoms with Gasteiger partial charge in [-0.15, -0.1) is 0 Å². The number of benzene rings is 3.